The molecule has 0 aromatic heterocycles. The molecule has 0 aliphatic carbocycles. The van der Waals surface area contributed by atoms with E-state index in [2.05, 4.69) is 0 Å². The molecule has 0 saturated carbocycles. The second-order valence-corrected chi connectivity index (χ2v) is 4.90. The molecular weight excluding hydrogens is 288 g/mol. The number of ketones is 1. The lowest BCUT2D eigenvalue weighted by molar-refractivity contribution is -0.119. The molecule has 22 heavy (non-hydrogen) atoms. The van der Waals surface area contributed by atoms with Crippen LogP contribution in [0.1, 0.15) is 29.3 Å². The van der Waals surface area contributed by atoms with E-state index in [4.69, 9.17) is 0 Å². The maximum absolute atomic E-state index is 13.4. The van der Waals surface area contributed by atoms with Gasteiger partial charge in [0.25, 0.3) is 5.91 Å². The van der Waals surface area contributed by atoms with Gasteiger partial charge in [0.05, 0.1) is 5.69 Å². The third kappa shape index (κ3) is 3.97. The van der Waals surface area contributed by atoms with Gasteiger partial charge in [0, 0.05) is 18.9 Å². The molecule has 0 heterocycles. The maximum Gasteiger partial charge on any atom is 0.251 e. The molecule has 2 aromatic carbocycles. The number of hydrogen-bond acceptors (Lipinski definition) is 2. The van der Waals surface area contributed by atoms with Crippen molar-refractivity contribution < 1.29 is 18.5 Å². The first-order chi connectivity index (χ1) is 10.5. The molecule has 0 aliphatic heterocycles. The number of anilines is 1. The fourth-order valence-corrected chi connectivity index (χ4v) is 2.01. The summed E-state index contributed by atoms with van der Waals surface area (Å²) in [7, 11) is 0. The molecule has 2 rings (SSSR count). The minimum atomic E-state index is -0.695. The molecule has 0 fully saturated rings. The van der Waals surface area contributed by atoms with E-state index in [-0.39, 0.29) is 28.8 Å². The summed E-state index contributed by atoms with van der Waals surface area (Å²) in [4.78, 5) is 22.9. The van der Waals surface area contributed by atoms with Crippen LogP contribution in [0.4, 0.5) is 14.6 Å². The molecule has 3 nitrogen and oxygen atoms in total. The molecular formula is C17H15F2NO2. The quantitative estimate of drug-likeness (QED) is 0.621. The molecule has 0 radical (unpaired) electrons. The summed E-state index contributed by atoms with van der Waals surface area (Å²) in [6.07, 6.45) is 0.764. The van der Waals surface area contributed by atoms with Crippen molar-refractivity contribution in [3.05, 3.63) is 65.5 Å². The number of amides is 1. The van der Waals surface area contributed by atoms with E-state index in [1.54, 1.807) is 12.1 Å². The molecule has 1 amide bonds. The molecule has 0 spiro atoms. The normalized spacial score (nSPS) is 10.3. The van der Waals surface area contributed by atoms with Gasteiger partial charge in [0.15, 0.2) is 5.78 Å². The number of hydrogen-bond donors (Lipinski definition) is 0. The molecule has 0 saturated heterocycles. The molecule has 2 aromatic rings. The van der Waals surface area contributed by atoms with Crippen molar-refractivity contribution >= 4 is 17.4 Å². The van der Waals surface area contributed by atoms with Crippen molar-refractivity contribution in [3.63, 3.8) is 0 Å². The van der Waals surface area contributed by atoms with E-state index in [9.17, 15) is 18.5 Å². The highest BCUT2D eigenvalue weighted by Crippen LogP contribution is 2.17. The molecule has 0 unspecified atom stereocenters. The van der Waals surface area contributed by atoms with E-state index in [1.807, 2.05) is 0 Å². The van der Waals surface area contributed by atoms with Crippen LogP contribution < -0.4 is 5.12 Å². The van der Waals surface area contributed by atoms with Gasteiger partial charge < -0.3 is 0 Å². The van der Waals surface area contributed by atoms with Crippen LogP contribution in [-0.4, -0.2) is 11.7 Å². The Balaban J connectivity index is 1.95. The van der Waals surface area contributed by atoms with E-state index < -0.39 is 5.91 Å². The van der Waals surface area contributed by atoms with Crippen molar-refractivity contribution in [2.75, 3.05) is 5.12 Å². The van der Waals surface area contributed by atoms with Crippen molar-refractivity contribution in [2.45, 2.75) is 19.8 Å². The molecule has 0 aliphatic rings. The van der Waals surface area contributed by atoms with E-state index in [1.165, 1.54) is 36.4 Å². The Morgan fingerprint density at radius 3 is 2.14 bits per heavy atom. The summed E-state index contributed by atoms with van der Waals surface area (Å²) in [5, 5.41) is 0.0629. The van der Waals surface area contributed by atoms with Crippen LogP contribution in [-0.2, 0) is 11.2 Å². The van der Waals surface area contributed by atoms with E-state index >= 15 is 0 Å². The average Bonchev–Trinajstić information content (AvgIpc) is 2.53. The fourth-order valence-electron chi connectivity index (χ4n) is 2.01. The predicted octanol–water partition coefficient (Wildman–Crippen LogP) is 3.88. The monoisotopic (exact) mass is 303 g/mol. The van der Waals surface area contributed by atoms with Crippen LogP contribution in [0.2, 0.25) is 0 Å². The SMILES string of the molecule is CC(=O)N(F)c1ccc(CCC(=O)c2ccc(F)cc2)cc1. The van der Waals surface area contributed by atoms with Gasteiger partial charge in [-0.15, -0.1) is 5.12 Å². The lowest BCUT2D eigenvalue weighted by atomic mass is 10.0. The van der Waals surface area contributed by atoms with Gasteiger partial charge in [-0.05, 0) is 48.4 Å². The minimum Gasteiger partial charge on any atom is -0.294 e. The second kappa shape index (κ2) is 6.93. The van der Waals surface area contributed by atoms with Gasteiger partial charge in [-0.2, -0.15) is 0 Å². The zero-order valence-electron chi connectivity index (χ0n) is 12.1. The predicted molar refractivity (Wildman–Crippen MR) is 79.8 cm³/mol. The van der Waals surface area contributed by atoms with Gasteiger partial charge in [-0.3, -0.25) is 9.59 Å². The zero-order valence-corrected chi connectivity index (χ0v) is 12.1. The highest BCUT2D eigenvalue weighted by Gasteiger charge is 2.10. The summed E-state index contributed by atoms with van der Waals surface area (Å²) in [5.74, 6) is -1.16. The van der Waals surface area contributed by atoms with Crippen LogP contribution in [0.15, 0.2) is 48.5 Å². The first-order valence-electron chi connectivity index (χ1n) is 6.81. The Hall–Kier alpha value is -2.56. The zero-order chi connectivity index (χ0) is 16.1. The summed E-state index contributed by atoms with van der Waals surface area (Å²) < 4.78 is 26.1. The third-order valence-corrected chi connectivity index (χ3v) is 3.25. The van der Waals surface area contributed by atoms with Gasteiger partial charge in [0.2, 0.25) is 0 Å². The highest BCUT2D eigenvalue weighted by atomic mass is 19.2. The lowest BCUT2D eigenvalue weighted by Gasteiger charge is -2.09. The Labute approximate surface area is 127 Å². The first kappa shape index (κ1) is 15.8. The van der Waals surface area contributed by atoms with Gasteiger partial charge in [-0.25, -0.2) is 4.39 Å². The number of halogens is 2. The maximum atomic E-state index is 13.4. The summed E-state index contributed by atoms with van der Waals surface area (Å²) in [5.41, 5.74) is 1.47. The van der Waals surface area contributed by atoms with Gasteiger partial charge >= 0.3 is 0 Å². The standard InChI is InChI=1S/C17H15F2NO2/c1-12(21)20(19)16-9-2-13(3-10-16)4-11-17(22)14-5-7-15(18)8-6-14/h2-3,5-10H,4,11H2,1H3. The van der Waals surface area contributed by atoms with Crippen molar-refractivity contribution in [1.29, 1.82) is 0 Å². The van der Waals surface area contributed by atoms with E-state index in [0.717, 1.165) is 12.5 Å². The highest BCUT2D eigenvalue weighted by molar-refractivity contribution is 5.96. The van der Waals surface area contributed by atoms with Crippen LogP contribution in [0.3, 0.4) is 0 Å². The van der Waals surface area contributed by atoms with Crippen LogP contribution >= 0.6 is 0 Å². The van der Waals surface area contributed by atoms with Crippen molar-refractivity contribution in [3.8, 4) is 0 Å². The molecule has 0 N–H and O–H groups in total. The number of benzene rings is 2. The van der Waals surface area contributed by atoms with Gasteiger partial charge in [0.1, 0.15) is 5.82 Å². The lowest BCUT2D eigenvalue weighted by Crippen LogP contribution is -2.17. The van der Waals surface area contributed by atoms with E-state index in [0.29, 0.717) is 12.0 Å². The number of Topliss-reactive ketones (excluding diaryl/α,β-unsaturated/α-hetero) is 1. The van der Waals surface area contributed by atoms with Crippen LogP contribution in [0, 0.1) is 5.82 Å². The molecule has 114 valence electrons. The summed E-state index contributed by atoms with van der Waals surface area (Å²) in [6.45, 7) is 1.13. The smallest absolute Gasteiger partial charge is 0.251 e. The summed E-state index contributed by atoms with van der Waals surface area (Å²) >= 11 is 0. The molecule has 5 heteroatoms. The van der Waals surface area contributed by atoms with Crippen LogP contribution in [0.5, 0.6) is 0 Å². The molecule has 0 bridgehead atoms. The average molecular weight is 303 g/mol. The Morgan fingerprint density at radius 2 is 1.59 bits per heavy atom. The Kier molecular flexibility index (Phi) is 4.99. The number of rotatable bonds is 5. The Bertz CT molecular complexity index is 666. The first-order valence-corrected chi connectivity index (χ1v) is 6.81. The number of aryl methyl sites for hydroxylation is 1. The molecule has 0 atom stereocenters. The number of carbonyl (C=O) groups is 2. The second-order valence-electron chi connectivity index (χ2n) is 4.90. The van der Waals surface area contributed by atoms with Crippen molar-refractivity contribution in [2.24, 2.45) is 0 Å². The topological polar surface area (TPSA) is 37.4 Å². The number of carbonyl (C=O) groups excluding carboxylic acids is 2. The van der Waals surface area contributed by atoms with Gasteiger partial charge in [-0.1, -0.05) is 16.6 Å². The summed E-state index contributed by atoms with van der Waals surface area (Å²) in [6, 6.07) is 11.7. The Morgan fingerprint density at radius 1 is 1.00 bits per heavy atom. The fraction of sp³-hybridized carbons (Fsp3) is 0.176. The van der Waals surface area contributed by atoms with Crippen molar-refractivity contribution in [1.82, 2.24) is 0 Å². The number of nitrogens with zero attached hydrogens (tertiary/aromatic N) is 1. The third-order valence-electron chi connectivity index (χ3n) is 3.25. The minimum absolute atomic E-state index is 0.0629. The largest absolute Gasteiger partial charge is 0.294 e. The van der Waals surface area contributed by atoms with Crippen LogP contribution in [0.25, 0.3) is 0 Å².